The topological polar surface area (TPSA) is 55.1 Å². The summed E-state index contributed by atoms with van der Waals surface area (Å²) in [5.41, 5.74) is 0.549. The van der Waals surface area contributed by atoms with Gasteiger partial charge in [-0.25, -0.2) is 4.79 Å². The van der Waals surface area contributed by atoms with Crippen LogP contribution in [0.1, 0.15) is 23.0 Å². The van der Waals surface area contributed by atoms with Crippen molar-refractivity contribution in [2.75, 3.05) is 0 Å². The molecule has 1 N–H and O–H groups in total. The summed E-state index contributed by atoms with van der Waals surface area (Å²) in [6.45, 7) is 4.07. The Morgan fingerprint density at radius 3 is 2.58 bits per heavy atom. The third-order valence-corrected chi connectivity index (χ3v) is 2.09. The van der Waals surface area contributed by atoms with Crippen LogP contribution in [0.4, 0.5) is 0 Å². The van der Waals surface area contributed by atoms with Crippen LogP contribution >= 0.6 is 11.6 Å². The first kappa shape index (κ1) is 9.06. The lowest BCUT2D eigenvalue weighted by atomic mass is 10.3. The highest BCUT2D eigenvalue weighted by molar-refractivity contribution is 6.30. The third-order valence-electron chi connectivity index (χ3n) is 1.61. The van der Waals surface area contributed by atoms with E-state index in [1.807, 2.05) is 6.92 Å². The van der Waals surface area contributed by atoms with Gasteiger partial charge < -0.3 is 5.11 Å². The fourth-order valence-electron chi connectivity index (χ4n) is 0.944. The van der Waals surface area contributed by atoms with E-state index in [0.717, 1.165) is 0 Å². The van der Waals surface area contributed by atoms with Crippen LogP contribution in [-0.4, -0.2) is 20.9 Å². The molecular formula is C7H9ClN2O2. The van der Waals surface area contributed by atoms with Gasteiger partial charge in [0.15, 0.2) is 5.69 Å². The summed E-state index contributed by atoms with van der Waals surface area (Å²) in [5.74, 6) is -1.04. The number of rotatable bonds is 2. The molecule has 0 amide bonds. The summed E-state index contributed by atoms with van der Waals surface area (Å²) >= 11 is 5.80. The summed E-state index contributed by atoms with van der Waals surface area (Å²) in [7, 11) is 0. The minimum atomic E-state index is -1.04. The molecule has 0 atom stereocenters. The van der Waals surface area contributed by atoms with Crippen molar-refractivity contribution in [1.82, 2.24) is 9.78 Å². The highest BCUT2D eigenvalue weighted by Crippen LogP contribution is 2.18. The van der Waals surface area contributed by atoms with E-state index in [1.54, 1.807) is 6.92 Å². The molecule has 0 radical (unpaired) electrons. The third kappa shape index (κ3) is 1.30. The molecule has 1 heterocycles. The first-order valence-electron chi connectivity index (χ1n) is 3.54. The Balaban J connectivity index is 3.25. The molecule has 0 saturated heterocycles. The molecule has 0 saturated carbocycles. The highest BCUT2D eigenvalue weighted by Gasteiger charge is 2.16. The summed E-state index contributed by atoms with van der Waals surface area (Å²) in [6.07, 6.45) is 0. The van der Waals surface area contributed by atoms with Gasteiger partial charge in [0.05, 0.1) is 0 Å². The van der Waals surface area contributed by atoms with Crippen molar-refractivity contribution >= 4 is 17.6 Å². The summed E-state index contributed by atoms with van der Waals surface area (Å²) < 4.78 is 1.46. The molecule has 66 valence electrons. The van der Waals surface area contributed by atoms with Gasteiger partial charge in [0.25, 0.3) is 0 Å². The molecule has 1 rings (SSSR count). The first-order chi connectivity index (χ1) is 5.57. The second kappa shape index (κ2) is 3.15. The minimum Gasteiger partial charge on any atom is -0.476 e. The molecule has 0 aliphatic rings. The molecule has 1 aromatic heterocycles. The fraction of sp³-hybridized carbons (Fsp3) is 0.429. The maximum atomic E-state index is 10.6. The lowest BCUT2D eigenvalue weighted by Crippen LogP contribution is -2.01. The average molecular weight is 189 g/mol. The number of aryl methyl sites for hydroxylation is 1. The average Bonchev–Trinajstić information content (AvgIpc) is 2.30. The van der Waals surface area contributed by atoms with Gasteiger partial charge >= 0.3 is 5.97 Å². The number of halogens is 1. The van der Waals surface area contributed by atoms with Crippen LogP contribution in [0.15, 0.2) is 0 Å². The molecule has 4 nitrogen and oxygen atoms in total. The lowest BCUT2D eigenvalue weighted by molar-refractivity contribution is 0.0688. The van der Waals surface area contributed by atoms with Crippen molar-refractivity contribution in [2.24, 2.45) is 0 Å². The van der Waals surface area contributed by atoms with Crippen molar-refractivity contribution in [3.8, 4) is 0 Å². The number of carboxylic acid groups (broad SMARTS) is 1. The van der Waals surface area contributed by atoms with E-state index in [4.69, 9.17) is 16.7 Å². The zero-order valence-electron chi connectivity index (χ0n) is 6.83. The Kier molecular flexibility index (Phi) is 2.38. The molecule has 1 aromatic rings. The second-order valence-corrected chi connectivity index (χ2v) is 2.74. The maximum absolute atomic E-state index is 10.6. The number of carbonyl (C=O) groups is 1. The molecule has 12 heavy (non-hydrogen) atoms. The van der Waals surface area contributed by atoms with Crippen LogP contribution in [0.25, 0.3) is 0 Å². The second-order valence-electron chi connectivity index (χ2n) is 2.39. The lowest BCUT2D eigenvalue weighted by Gasteiger charge is -1.94. The van der Waals surface area contributed by atoms with E-state index in [9.17, 15) is 4.79 Å². The zero-order valence-corrected chi connectivity index (χ0v) is 7.59. The van der Waals surface area contributed by atoms with Crippen LogP contribution < -0.4 is 0 Å². The van der Waals surface area contributed by atoms with Gasteiger partial charge in [-0.15, -0.1) is 0 Å². The Morgan fingerprint density at radius 2 is 2.33 bits per heavy atom. The number of carboxylic acids is 1. The van der Waals surface area contributed by atoms with Crippen LogP contribution in [0, 0.1) is 6.92 Å². The van der Waals surface area contributed by atoms with Gasteiger partial charge in [-0.05, 0) is 13.8 Å². The highest BCUT2D eigenvalue weighted by atomic mass is 35.5. The van der Waals surface area contributed by atoms with Crippen LogP contribution in [0.3, 0.4) is 0 Å². The Bertz CT molecular complexity index is 319. The SMILES string of the molecule is CCn1nc(C(=O)O)c(C)c1Cl. The van der Waals surface area contributed by atoms with E-state index < -0.39 is 5.97 Å². The molecular weight excluding hydrogens is 180 g/mol. The molecule has 0 fully saturated rings. The molecule has 0 aromatic carbocycles. The van der Waals surface area contributed by atoms with E-state index in [-0.39, 0.29) is 5.69 Å². The number of aromatic carboxylic acids is 1. The van der Waals surface area contributed by atoms with Crippen LogP contribution in [0.2, 0.25) is 5.15 Å². The van der Waals surface area contributed by atoms with E-state index in [2.05, 4.69) is 5.10 Å². The van der Waals surface area contributed by atoms with Crippen LogP contribution in [-0.2, 0) is 6.54 Å². The largest absolute Gasteiger partial charge is 0.476 e. The summed E-state index contributed by atoms with van der Waals surface area (Å²) in [5, 5.41) is 12.9. The van der Waals surface area contributed by atoms with E-state index >= 15 is 0 Å². The molecule has 0 unspecified atom stereocenters. The van der Waals surface area contributed by atoms with Gasteiger partial charge in [-0.2, -0.15) is 5.10 Å². The Hall–Kier alpha value is -1.03. The molecule has 0 aliphatic heterocycles. The smallest absolute Gasteiger partial charge is 0.356 e. The standard InChI is InChI=1S/C7H9ClN2O2/c1-3-10-6(8)4(2)5(9-10)7(11)12/h3H2,1-2H3,(H,11,12). The summed E-state index contributed by atoms with van der Waals surface area (Å²) in [6, 6.07) is 0. The number of nitrogens with zero attached hydrogens (tertiary/aromatic N) is 2. The van der Waals surface area contributed by atoms with Gasteiger partial charge in [-0.3, -0.25) is 4.68 Å². The molecule has 0 bridgehead atoms. The number of hydrogen-bond acceptors (Lipinski definition) is 2. The van der Waals surface area contributed by atoms with Gasteiger partial charge in [-0.1, -0.05) is 11.6 Å². The zero-order chi connectivity index (χ0) is 9.30. The quantitative estimate of drug-likeness (QED) is 0.767. The van der Waals surface area contributed by atoms with Crippen LogP contribution in [0.5, 0.6) is 0 Å². The van der Waals surface area contributed by atoms with Gasteiger partial charge in [0, 0.05) is 12.1 Å². The predicted octanol–water partition coefficient (Wildman–Crippen LogP) is 1.56. The van der Waals surface area contributed by atoms with E-state index in [1.165, 1.54) is 4.68 Å². The predicted molar refractivity (Wildman–Crippen MR) is 44.6 cm³/mol. The number of aromatic nitrogens is 2. The van der Waals surface area contributed by atoms with E-state index in [0.29, 0.717) is 17.3 Å². The molecule has 5 heteroatoms. The minimum absolute atomic E-state index is 0.0295. The normalized spacial score (nSPS) is 10.2. The molecule has 0 spiro atoms. The Morgan fingerprint density at radius 1 is 1.75 bits per heavy atom. The van der Waals surface area contributed by atoms with Crippen molar-refractivity contribution in [1.29, 1.82) is 0 Å². The van der Waals surface area contributed by atoms with Gasteiger partial charge in [0.1, 0.15) is 5.15 Å². The van der Waals surface area contributed by atoms with Crippen molar-refractivity contribution in [3.05, 3.63) is 16.4 Å². The Labute approximate surface area is 74.8 Å². The van der Waals surface area contributed by atoms with Crippen molar-refractivity contribution in [3.63, 3.8) is 0 Å². The first-order valence-corrected chi connectivity index (χ1v) is 3.92. The van der Waals surface area contributed by atoms with Crippen molar-refractivity contribution < 1.29 is 9.90 Å². The monoisotopic (exact) mass is 188 g/mol. The molecule has 0 aliphatic carbocycles. The number of hydrogen-bond donors (Lipinski definition) is 1. The fourth-order valence-corrected chi connectivity index (χ4v) is 1.19. The maximum Gasteiger partial charge on any atom is 0.356 e. The van der Waals surface area contributed by atoms with Gasteiger partial charge in [0.2, 0.25) is 0 Å². The summed E-state index contributed by atoms with van der Waals surface area (Å²) in [4.78, 5) is 10.6. The van der Waals surface area contributed by atoms with Crippen molar-refractivity contribution in [2.45, 2.75) is 20.4 Å².